The highest BCUT2D eigenvalue weighted by Crippen LogP contribution is 2.28. The highest BCUT2D eigenvalue weighted by molar-refractivity contribution is 6.42. The predicted molar refractivity (Wildman–Crippen MR) is 137 cm³/mol. The Kier molecular flexibility index (Phi) is 6.72. The number of hydrogen-bond donors (Lipinski definition) is 2. The zero-order chi connectivity index (χ0) is 24.4. The van der Waals surface area contributed by atoms with Crippen LogP contribution in [0, 0.1) is 0 Å². The maximum atomic E-state index is 13.4. The lowest BCUT2D eigenvalue weighted by atomic mass is 9.99. The Morgan fingerprint density at radius 3 is 2.29 bits per heavy atom. The predicted octanol–water partition coefficient (Wildman–Crippen LogP) is 6.56. The summed E-state index contributed by atoms with van der Waals surface area (Å²) in [5, 5.41) is 2.10. The van der Waals surface area contributed by atoms with Gasteiger partial charge in [-0.25, -0.2) is 14.8 Å². The molecule has 0 fully saturated rings. The van der Waals surface area contributed by atoms with Crippen LogP contribution in [0.3, 0.4) is 0 Å². The number of rotatable bonds is 4. The van der Waals surface area contributed by atoms with E-state index >= 15 is 0 Å². The Bertz CT molecular complexity index is 1390. The van der Waals surface area contributed by atoms with Crippen LogP contribution < -0.4 is 16.2 Å². The zero-order valence-electron chi connectivity index (χ0n) is 18.5. The molecule has 1 aromatic heterocycles. The van der Waals surface area contributed by atoms with Crippen molar-refractivity contribution in [2.45, 2.75) is 19.8 Å². The molecule has 34 heavy (non-hydrogen) atoms. The van der Waals surface area contributed by atoms with Crippen LogP contribution in [0.15, 0.2) is 72.8 Å². The van der Waals surface area contributed by atoms with E-state index < -0.39 is 11.9 Å². The molecule has 1 heterocycles. The van der Waals surface area contributed by atoms with E-state index in [2.05, 4.69) is 31.4 Å². The number of nitrogens with one attached hydrogen (secondary N) is 1. The lowest BCUT2D eigenvalue weighted by Crippen LogP contribution is -2.49. The lowest BCUT2D eigenvalue weighted by Gasteiger charge is -2.22. The van der Waals surface area contributed by atoms with Crippen molar-refractivity contribution >= 4 is 51.7 Å². The third-order valence-electron chi connectivity index (χ3n) is 5.43. The molecule has 0 aliphatic carbocycles. The number of urea groups is 1. The van der Waals surface area contributed by atoms with Crippen LogP contribution >= 0.6 is 23.2 Å². The molecule has 0 atom stereocenters. The van der Waals surface area contributed by atoms with Crippen LogP contribution in [-0.2, 0) is 0 Å². The smallest absolute Gasteiger partial charge is 0.338 e. The fraction of sp³-hybridized carbons (Fsp3) is 0.115. The van der Waals surface area contributed by atoms with Crippen LogP contribution in [-0.4, -0.2) is 16.9 Å². The number of halogens is 2. The summed E-state index contributed by atoms with van der Waals surface area (Å²) in [7, 11) is 0. The molecular formula is C26H22Cl2N4O2. The lowest BCUT2D eigenvalue weighted by molar-refractivity contribution is 0.0952. The SMILES string of the molecule is CC(C)c1ccc(-c2cc(C(=O)NN(C(N)=O)c3ccc(Cl)c(Cl)c3)c3ccccc3n2)cc1. The van der Waals surface area contributed by atoms with Crippen LogP contribution in [0.5, 0.6) is 0 Å². The molecule has 8 heteroatoms. The molecule has 0 aliphatic rings. The average molecular weight is 493 g/mol. The summed E-state index contributed by atoms with van der Waals surface area (Å²) in [6.45, 7) is 4.26. The van der Waals surface area contributed by atoms with Crippen molar-refractivity contribution in [2.75, 3.05) is 5.01 Å². The topological polar surface area (TPSA) is 88.3 Å². The van der Waals surface area contributed by atoms with Gasteiger partial charge in [0.2, 0.25) is 0 Å². The number of fused-ring (bicyclic) bond motifs is 1. The number of para-hydroxylation sites is 1. The Hall–Kier alpha value is -3.61. The maximum absolute atomic E-state index is 13.4. The second-order valence-electron chi connectivity index (χ2n) is 8.06. The molecular weight excluding hydrogens is 471 g/mol. The molecule has 0 radical (unpaired) electrons. The number of anilines is 1. The van der Waals surface area contributed by atoms with Gasteiger partial charge in [0.1, 0.15) is 0 Å². The number of carbonyl (C=O) groups is 2. The fourth-order valence-corrected chi connectivity index (χ4v) is 3.88. The normalized spacial score (nSPS) is 11.0. The molecule has 172 valence electrons. The van der Waals surface area contributed by atoms with Crippen molar-refractivity contribution in [1.29, 1.82) is 0 Å². The van der Waals surface area contributed by atoms with Gasteiger partial charge in [-0.05, 0) is 41.8 Å². The molecule has 0 saturated carbocycles. The summed E-state index contributed by atoms with van der Waals surface area (Å²) in [4.78, 5) is 30.3. The van der Waals surface area contributed by atoms with E-state index in [0.717, 1.165) is 10.6 Å². The van der Waals surface area contributed by atoms with Gasteiger partial charge in [0.05, 0.1) is 32.5 Å². The van der Waals surface area contributed by atoms with Gasteiger partial charge in [0.15, 0.2) is 0 Å². The van der Waals surface area contributed by atoms with Crippen molar-refractivity contribution < 1.29 is 9.59 Å². The number of hydrazine groups is 1. The number of amides is 3. The summed E-state index contributed by atoms with van der Waals surface area (Å²) in [6, 6.07) is 20.7. The van der Waals surface area contributed by atoms with Crippen molar-refractivity contribution in [3.8, 4) is 11.3 Å². The van der Waals surface area contributed by atoms with E-state index in [0.29, 0.717) is 33.1 Å². The minimum atomic E-state index is -0.880. The summed E-state index contributed by atoms with van der Waals surface area (Å²) in [5.74, 6) is -0.121. The minimum absolute atomic E-state index is 0.223. The van der Waals surface area contributed by atoms with Crippen LogP contribution in [0.4, 0.5) is 10.5 Å². The second-order valence-corrected chi connectivity index (χ2v) is 8.88. The minimum Gasteiger partial charge on any atom is -0.350 e. The molecule has 0 spiro atoms. The van der Waals surface area contributed by atoms with Crippen molar-refractivity contribution in [3.63, 3.8) is 0 Å². The Balaban J connectivity index is 1.75. The van der Waals surface area contributed by atoms with E-state index in [1.807, 2.05) is 30.3 Å². The van der Waals surface area contributed by atoms with Gasteiger partial charge in [-0.15, -0.1) is 0 Å². The first-order valence-electron chi connectivity index (χ1n) is 10.6. The third-order valence-corrected chi connectivity index (χ3v) is 6.17. The Labute approximate surface area is 207 Å². The van der Waals surface area contributed by atoms with Crippen LogP contribution in [0.1, 0.15) is 35.7 Å². The van der Waals surface area contributed by atoms with E-state index in [1.165, 1.54) is 23.8 Å². The quantitative estimate of drug-likeness (QED) is 0.316. The summed E-state index contributed by atoms with van der Waals surface area (Å²) in [6.07, 6.45) is 0. The molecule has 6 nitrogen and oxygen atoms in total. The third kappa shape index (κ3) is 4.83. The fourth-order valence-electron chi connectivity index (χ4n) is 3.58. The first-order chi connectivity index (χ1) is 16.2. The van der Waals surface area contributed by atoms with Crippen LogP contribution in [0.25, 0.3) is 22.2 Å². The number of primary amides is 1. The molecule has 0 unspecified atom stereocenters. The number of hydrogen-bond acceptors (Lipinski definition) is 3. The van der Waals surface area contributed by atoms with E-state index in [9.17, 15) is 9.59 Å². The van der Waals surface area contributed by atoms with Crippen LogP contribution in [0.2, 0.25) is 10.0 Å². The standard InChI is InChI=1S/C26H22Cl2N4O2/c1-15(2)16-7-9-17(10-8-16)24-14-20(19-5-3-4-6-23(19)30-24)25(33)31-32(26(29)34)18-11-12-21(27)22(28)13-18/h3-15H,1-2H3,(H2,29,34)(H,31,33). The first-order valence-corrected chi connectivity index (χ1v) is 11.4. The number of carbonyl (C=O) groups excluding carboxylic acids is 2. The highest BCUT2D eigenvalue weighted by atomic mass is 35.5. The summed E-state index contributed by atoms with van der Waals surface area (Å²) in [5.41, 5.74) is 12.1. The molecule has 3 amide bonds. The molecule has 0 saturated heterocycles. The molecule has 0 aliphatic heterocycles. The average Bonchev–Trinajstić information content (AvgIpc) is 2.83. The zero-order valence-corrected chi connectivity index (χ0v) is 20.1. The van der Waals surface area contributed by atoms with E-state index in [1.54, 1.807) is 12.1 Å². The molecule has 4 aromatic rings. The van der Waals surface area contributed by atoms with Gasteiger partial charge in [-0.2, -0.15) is 0 Å². The number of benzene rings is 3. The number of nitrogens with zero attached hydrogens (tertiary/aromatic N) is 2. The van der Waals surface area contributed by atoms with Gasteiger partial charge < -0.3 is 5.73 Å². The van der Waals surface area contributed by atoms with Crippen molar-refractivity contribution in [2.24, 2.45) is 5.73 Å². The monoisotopic (exact) mass is 492 g/mol. The Morgan fingerprint density at radius 2 is 1.65 bits per heavy atom. The maximum Gasteiger partial charge on any atom is 0.338 e. The molecule has 3 aromatic carbocycles. The van der Waals surface area contributed by atoms with E-state index in [-0.39, 0.29) is 10.7 Å². The number of nitrogens with two attached hydrogens (primary N) is 1. The Morgan fingerprint density at radius 1 is 0.941 bits per heavy atom. The van der Waals surface area contributed by atoms with Gasteiger partial charge in [-0.1, -0.05) is 79.5 Å². The van der Waals surface area contributed by atoms with Gasteiger partial charge in [-0.3, -0.25) is 10.2 Å². The molecule has 4 rings (SSSR count). The van der Waals surface area contributed by atoms with Gasteiger partial charge >= 0.3 is 6.03 Å². The van der Waals surface area contributed by atoms with Crippen molar-refractivity contribution in [3.05, 3.63) is 94.0 Å². The van der Waals surface area contributed by atoms with E-state index in [4.69, 9.17) is 33.9 Å². The first kappa shape index (κ1) is 23.5. The van der Waals surface area contributed by atoms with Crippen molar-refractivity contribution in [1.82, 2.24) is 10.4 Å². The van der Waals surface area contributed by atoms with Gasteiger partial charge in [0, 0.05) is 10.9 Å². The number of aromatic nitrogens is 1. The highest BCUT2D eigenvalue weighted by Gasteiger charge is 2.20. The summed E-state index contributed by atoms with van der Waals surface area (Å²) >= 11 is 12.1. The largest absolute Gasteiger partial charge is 0.350 e. The molecule has 0 bridgehead atoms. The molecule has 3 N–H and O–H groups in total. The summed E-state index contributed by atoms with van der Waals surface area (Å²) < 4.78 is 0. The number of pyridine rings is 1. The second kappa shape index (κ2) is 9.71. The van der Waals surface area contributed by atoms with Gasteiger partial charge in [0.25, 0.3) is 5.91 Å².